The lowest BCUT2D eigenvalue weighted by Gasteiger charge is -2.06. The second-order valence-electron chi connectivity index (χ2n) is 4.18. The van der Waals surface area contributed by atoms with Crippen LogP contribution in [0.15, 0.2) is 27.7 Å². The van der Waals surface area contributed by atoms with Crippen LogP contribution in [0.5, 0.6) is 0 Å². The van der Waals surface area contributed by atoms with Crippen LogP contribution >= 0.6 is 27.5 Å². The summed E-state index contributed by atoms with van der Waals surface area (Å²) >= 11 is 9.52. The SMILES string of the molecule is CC(C)C1COC(c2ccc(Br)cc2Cl)=N1. The van der Waals surface area contributed by atoms with E-state index in [1.165, 1.54) is 0 Å². The van der Waals surface area contributed by atoms with Crippen molar-refractivity contribution < 1.29 is 4.74 Å². The first-order chi connectivity index (χ1) is 7.58. The highest BCUT2D eigenvalue weighted by atomic mass is 79.9. The Morgan fingerprint density at radius 2 is 2.25 bits per heavy atom. The number of halogens is 2. The van der Waals surface area contributed by atoms with Gasteiger partial charge in [-0.25, -0.2) is 4.99 Å². The monoisotopic (exact) mass is 301 g/mol. The highest BCUT2D eigenvalue weighted by Crippen LogP contribution is 2.25. The molecule has 0 saturated carbocycles. The van der Waals surface area contributed by atoms with Crippen molar-refractivity contribution in [3.05, 3.63) is 33.3 Å². The normalized spacial score (nSPS) is 19.8. The molecule has 16 heavy (non-hydrogen) atoms. The number of hydrogen-bond acceptors (Lipinski definition) is 2. The van der Waals surface area contributed by atoms with Crippen LogP contribution in [0.4, 0.5) is 0 Å². The summed E-state index contributed by atoms with van der Waals surface area (Å²) in [4.78, 5) is 4.54. The van der Waals surface area contributed by atoms with E-state index in [0.29, 0.717) is 23.4 Å². The summed E-state index contributed by atoms with van der Waals surface area (Å²) in [6, 6.07) is 5.96. The molecule has 0 N–H and O–H groups in total. The molecule has 0 aromatic heterocycles. The van der Waals surface area contributed by atoms with Gasteiger partial charge in [-0.2, -0.15) is 0 Å². The first kappa shape index (κ1) is 11.9. The average Bonchev–Trinajstić information content (AvgIpc) is 2.66. The summed E-state index contributed by atoms with van der Waals surface area (Å²) in [5.74, 6) is 1.16. The van der Waals surface area contributed by atoms with Gasteiger partial charge in [-0.15, -0.1) is 0 Å². The van der Waals surface area contributed by atoms with Gasteiger partial charge >= 0.3 is 0 Å². The molecular weight excluding hydrogens is 289 g/mol. The molecule has 86 valence electrons. The average molecular weight is 303 g/mol. The van der Waals surface area contributed by atoms with Crippen molar-refractivity contribution >= 4 is 33.4 Å². The first-order valence-corrected chi connectivity index (χ1v) is 6.41. The standard InChI is InChI=1S/C12H13BrClNO/c1-7(2)11-6-16-12(15-11)9-4-3-8(13)5-10(9)14/h3-5,7,11H,6H2,1-2H3. The van der Waals surface area contributed by atoms with E-state index in [1.54, 1.807) is 0 Å². The van der Waals surface area contributed by atoms with Crippen molar-refractivity contribution in [3.8, 4) is 0 Å². The Bertz CT molecular complexity index is 431. The predicted octanol–water partition coefficient (Wildman–Crippen LogP) is 3.90. The molecule has 0 saturated heterocycles. The van der Waals surface area contributed by atoms with Crippen molar-refractivity contribution in [3.63, 3.8) is 0 Å². The summed E-state index contributed by atoms with van der Waals surface area (Å²) in [5, 5.41) is 0.664. The largest absolute Gasteiger partial charge is 0.475 e. The lowest BCUT2D eigenvalue weighted by atomic mass is 10.1. The molecule has 1 aromatic rings. The van der Waals surface area contributed by atoms with Gasteiger partial charge in [-0.1, -0.05) is 41.4 Å². The first-order valence-electron chi connectivity index (χ1n) is 5.24. The fourth-order valence-electron chi connectivity index (χ4n) is 1.54. The van der Waals surface area contributed by atoms with Crippen LogP contribution in [0.3, 0.4) is 0 Å². The molecule has 0 spiro atoms. The third-order valence-corrected chi connectivity index (χ3v) is 3.41. The third-order valence-electron chi connectivity index (χ3n) is 2.60. The van der Waals surface area contributed by atoms with Crippen LogP contribution in [-0.2, 0) is 4.74 Å². The summed E-state index contributed by atoms with van der Waals surface area (Å²) < 4.78 is 6.54. The highest BCUT2D eigenvalue weighted by Gasteiger charge is 2.23. The zero-order valence-electron chi connectivity index (χ0n) is 9.21. The molecule has 1 aliphatic rings. The molecule has 0 radical (unpaired) electrons. The van der Waals surface area contributed by atoms with E-state index in [9.17, 15) is 0 Å². The Labute approximate surface area is 109 Å². The van der Waals surface area contributed by atoms with E-state index in [4.69, 9.17) is 16.3 Å². The molecule has 1 aliphatic heterocycles. The smallest absolute Gasteiger partial charge is 0.218 e. The van der Waals surface area contributed by atoms with E-state index >= 15 is 0 Å². The molecule has 1 heterocycles. The van der Waals surface area contributed by atoms with Crippen LogP contribution in [-0.4, -0.2) is 18.5 Å². The van der Waals surface area contributed by atoms with Crippen molar-refractivity contribution in [2.45, 2.75) is 19.9 Å². The fraction of sp³-hybridized carbons (Fsp3) is 0.417. The molecule has 1 atom stereocenters. The molecule has 0 aliphatic carbocycles. The number of benzene rings is 1. The van der Waals surface area contributed by atoms with Crippen LogP contribution in [0.2, 0.25) is 5.02 Å². The second kappa shape index (κ2) is 4.76. The van der Waals surface area contributed by atoms with Gasteiger partial charge in [0.1, 0.15) is 6.61 Å². The van der Waals surface area contributed by atoms with Crippen LogP contribution < -0.4 is 0 Å². The molecule has 0 bridgehead atoms. The van der Waals surface area contributed by atoms with Gasteiger partial charge in [-0.3, -0.25) is 0 Å². The Kier molecular flexibility index (Phi) is 3.55. The minimum Gasteiger partial charge on any atom is -0.475 e. The maximum Gasteiger partial charge on any atom is 0.218 e. The lowest BCUT2D eigenvalue weighted by Crippen LogP contribution is -2.13. The quantitative estimate of drug-likeness (QED) is 0.812. The zero-order chi connectivity index (χ0) is 11.7. The van der Waals surface area contributed by atoms with Crippen LogP contribution in [0.25, 0.3) is 0 Å². The number of ether oxygens (including phenoxy) is 1. The van der Waals surface area contributed by atoms with E-state index in [0.717, 1.165) is 10.0 Å². The predicted molar refractivity (Wildman–Crippen MR) is 70.3 cm³/mol. The van der Waals surface area contributed by atoms with Crippen LogP contribution in [0.1, 0.15) is 19.4 Å². The van der Waals surface area contributed by atoms with E-state index in [1.807, 2.05) is 18.2 Å². The Balaban J connectivity index is 2.29. The maximum atomic E-state index is 6.15. The Morgan fingerprint density at radius 3 is 2.81 bits per heavy atom. The lowest BCUT2D eigenvalue weighted by molar-refractivity contribution is 0.292. The van der Waals surface area contributed by atoms with E-state index < -0.39 is 0 Å². The molecule has 2 nitrogen and oxygen atoms in total. The minimum atomic E-state index is 0.245. The number of nitrogens with zero attached hydrogens (tertiary/aromatic N) is 1. The number of aliphatic imine (C=N–C) groups is 1. The summed E-state index contributed by atoms with van der Waals surface area (Å²) in [5.41, 5.74) is 0.869. The van der Waals surface area contributed by atoms with Crippen molar-refractivity contribution in [1.29, 1.82) is 0 Å². The second-order valence-corrected chi connectivity index (χ2v) is 5.50. The van der Waals surface area contributed by atoms with E-state index in [-0.39, 0.29) is 6.04 Å². The Morgan fingerprint density at radius 1 is 1.50 bits per heavy atom. The molecular formula is C12H13BrClNO. The van der Waals surface area contributed by atoms with Gasteiger partial charge < -0.3 is 4.74 Å². The van der Waals surface area contributed by atoms with Gasteiger partial charge in [0, 0.05) is 4.47 Å². The zero-order valence-corrected chi connectivity index (χ0v) is 11.5. The number of hydrogen-bond donors (Lipinski definition) is 0. The van der Waals surface area contributed by atoms with Crippen LogP contribution in [0, 0.1) is 5.92 Å². The minimum absolute atomic E-state index is 0.245. The molecule has 4 heteroatoms. The van der Waals surface area contributed by atoms with Gasteiger partial charge in [0.05, 0.1) is 16.6 Å². The van der Waals surface area contributed by atoms with Gasteiger partial charge in [0.2, 0.25) is 5.90 Å². The topological polar surface area (TPSA) is 21.6 Å². The molecule has 2 rings (SSSR count). The molecule has 0 fully saturated rings. The van der Waals surface area contributed by atoms with Gasteiger partial charge in [-0.05, 0) is 24.1 Å². The van der Waals surface area contributed by atoms with Crippen molar-refractivity contribution in [2.24, 2.45) is 10.9 Å². The van der Waals surface area contributed by atoms with E-state index in [2.05, 4.69) is 34.8 Å². The highest BCUT2D eigenvalue weighted by molar-refractivity contribution is 9.10. The van der Waals surface area contributed by atoms with Gasteiger partial charge in [0.15, 0.2) is 0 Å². The van der Waals surface area contributed by atoms with Crippen molar-refractivity contribution in [2.75, 3.05) is 6.61 Å². The Hall–Kier alpha value is -0.540. The summed E-state index contributed by atoms with van der Waals surface area (Å²) in [6.45, 7) is 4.94. The molecule has 0 amide bonds. The maximum absolute atomic E-state index is 6.15. The third kappa shape index (κ3) is 2.41. The molecule has 1 aromatic carbocycles. The summed E-state index contributed by atoms with van der Waals surface area (Å²) in [7, 11) is 0. The molecule has 1 unspecified atom stereocenters. The number of rotatable bonds is 2. The fourth-order valence-corrected chi connectivity index (χ4v) is 2.30. The van der Waals surface area contributed by atoms with Gasteiger partial charge in [0.25, 0.3) is 0 Å². The summed E-state index contributed by atoms with van der Waals surface area (Å²) in [6.07, 6.45) is 0. The van der Waals surface area contributed by atoms with Crippen molar-refractivity contribution in [1.82, 2.24) is 0 Å².